The van der Waals surface area contributed by atoms with Gasteiger partial charge in [0.15, 0.2) is 13.9 Å². The van der Waals surface area contributed by atoms with Crippen LogP contribution in [0, 0.1) is 17.2 Å². The fraction of sp³-hybridized carbons (Fsp3) is 0.643. The van der Waals surface area contributed by atoms with Crippen LogP contribution in [0.4, 0.5) is 0 Å². The first kappa shape index (κ1) is 14.2. The minimum atomic E-state index is -1.74. The Labute approximate surface area is 106 Å². The van der Waals surface area contributed by atoms with E-state index in [0.29, 0.717) is 5.92 Å². The van der Waals surface area contributed by atoms with Crippen molar-refractivity contribution in [2.45, 2.75) is 51.9 Å². The van der Waals surface area contributed by atoms with Gasteiger partial charge in [-0.3, -0.25) is 0 Å². The van der Waals surface area contributed by atoms with E-state index in [9.17, 15) is 5.26 Å². The smallest absolute Gasteiger partial charge is 0.186 e. The molecular formula is C14H23NOSi. The van der Waals surface area contributed by atoms with E-state index in [4.69, 9.17) is 4.43 Å². The van der Waals surface area contributed by atoms with E-state index in [-0.39, 0.29) is 0 Å². The minimum Gasteiger partial charge on any atom is -0.397 e. The molecule has 3 heteroatoms. The molecule has 0 saturated heterocycles. The molecule has 2 nitrogen and oxygen atoms in total. The first-order valence-corrected chi connectivity index (χ1v) is 9.55. The maximum absolute atomic E-state index is 9.55. The predicted octanol–water partition coefficient (Wildman–Crippen LogP) is 4.03. The van der Waals surface area contributed by atoms with Crippen LogP contribution in [0.25, 0.3) is 0 Å². The zero-order chi connectivity index (χ0) is 13.3. The summed E-state index contributed by atoms with van der Waals surface area (Å²) in [7, 11) is -1.74. The largest absolute Gasteiger partial charge is 0.397 e. The van der Waals surface area contributed by atoms with Crippen LogP contribution in [0.1, 0.15) is 26.7 Å². The molecule has 1 aliphatic carbocycles. The van der Waals surface area contributed by atoms with Crippen LogP contribution in [0.2, 0.25) is 19.6 Å². The number of hydrogen-bond acceptors (Lipinski definition) is 2. The van der Waals surface area contributed by atoms with E-state index >= 15 is 0 Å². The van der Waals surface area contributed by atoms with E-state index in [1.54, 1.807) is 0 Å². The maximum Gasteiger partial charge on any atom is 0.186 e. The Kier molecular flexibility index (Phi) is 4.01. The molecule has 0 heterocycles. The van der Waals surface area contributed by atoms with Crippen LogP contribution in [-0.4, -0.2) is 13.9 Å². The Bertz CT molecular complexity index is 386. The molecule has 2 atom stereocenters. The molecule has 0 spiro atoms. The molecule has 0 amide bonds. The molecule has 0 aromatic carbocycles. The lowest BCUT2D eigenvalue weighted by atomic mass is 9.76. The van der Waals surface area contributed by atoms with E-state index in [0.717, 1.165) is 24.0 Å². The van der Waals surface area contributed by atoms with E-state index in [2.05, 4.69) is 38.4 Å². The van der Waals surface area contributed by atoms with Gasteiger partial charge in [-0.1, -0.05) is 18.2 Å². The first-order valence-electron chi connectivity index (χ1n) is 6.14. The molecule has 0 bridgehead atoms. The van der Waals surface area contributed by atoms with Gasteiger partial charge in [0, 0.05) is 0 Å². The molecule has 1 aliphatic rings. The fourth-order valence-corrected chi connectivity index (χ4v) is 3.59. The van der Waals surface area contributed by atoms with Gasteiger partial charge in [0.2, 0.25) is 0 Å². The standard InChI is InChI=1S/C14H23NOSi/c1-11(2)13-8-7-12(3)14(9-13,10-15)16-17(4,5)6/h7,13H,1,8-9H2,2-6H3. The average molecular weight is 249 g/mol. The summed E-state index contributed by atoms with van der Waals surface area (Å²) < 4.78 is 6.18. The summed E-state index contributed by atoms with van der Waals surface area (Å²) in [6.07, 6.45) is 3.89. The van der Waals surface area contributed by atoms with Crippen LogP contribution in [-0.2, 0) is 4.43 Å². The lowest BCUT2D eigenvalue weighted by Crippen LogP contribution is -2.45. The van der Waals surface area contributed by atoms with Gasteiger partial charge in [-0.2, -0.15) is 5.26 Å². The lowest BCUT2D eigenvalue weighted by Gasteiger charge is -2.39. The SMILES string of the molecule is C=C(C)C1CC=C(C)C(C#N)(O[Si](C)(C)C)C1. The van der Waals surface area contributed by atoms with Crippen molar-refractivity contribution in [3.63, 3.8) is 0 Å². The second kappa shape index (κ2) is 4.79. The van der Waals surface area contributed by atoms with Crippen molar-refractivity contribution in [2.75, 3.05) is 0 Å². The van der Waals surface area contributed by atoms with E-state index in [1.165, 1.54) is 0 Å². The Morgan fingerprint density at radius 3 is 2.59 bits per heavy atom. The monoisotopic (exact) mass is 249 g/mol. The lowest BCUT2D eigenvalue weighted by molar-refractivity contribution is 0.124. The number of rotatable bonds is 3. The summed E-state index contributed by atoms with van der Waals surface area (Å²) in [6, 6.07) is 2.41. The third-order valence-corrected chi connectivity index (χ3v) is 4.20. The molecule has 0 fully saturated rings. The zero-order valence-electron chi connectivity index (χ0n) is 11.6. The molecule has 2 unspecified atom stereocenters. The number of hydrogen-bond donors (Lipinski definition) is 0. The molecule has 1 rings (SSSR count). The topological polar surface area (TPSA) is 33.0 Å². The van der Waals surface area contributed by atoms with Crippen molar-refractivity contribution in [2.24, 2.45) is 5.92 Å². The van der Waals surface area contributed by atoms with Gasteiger partial charge in [0.25, 0.3) is 0 Å². The predicted molar refractivity (Wildman–Crippen MR) is 74.1 cm³/mol. The zero-order valence-corrected chi connectivity index (χ0v) is 12.6. The third kappa shape index (κ3) is 3.30. The van der Waals surface area contributed by atoms with Crippen molar-refractivity contribution in [3.8, 4) is 6.07 Å². The molecule has 0 N–H and O–H groups in total. The second-order valence-electron chi connectivity index (χ2n) is 6.02. The van der Waals surface area contributed by atoms with Crippen molar-refractivity contribution in [1.82, 2.24) is 0 Å². The summed E-state index contributed by atoms with van der Waals surface area (Å²) in [4.78, 5) is 0. The number of allylic oxidation sites excluding steroid dienone is 2. The molecule has 0 aliphatic heterocycles. The van der Waals surface area contributed by atoms with Gasteiger partial charge in [-0.25, -0.2) is 0 Å². The van der Waals surface area contributed by atoms with Crippen LogP contribution in [0.15, 0.2) is 23.8 Å². The highest BCUT2D eigenvalue weighted by molar-refractivity contribution is 6.69. The Morgan fingerprint density at radius 2 is 2.18 bits per heavy atom. The molecular weight excluding hydrogens is 226 g/mol. The van der Waals surface area contributed by atoms with Crippen LogP contribution < -0.4 is 0 Å². The minimum absolute atomic E-state index is 0.370. The molecule has 0 saturated carbocycles. The van der Waals surface area contributed by atoms with Crippen molar-refractivity contribution in [1.29, 1.82) is 5.26 Å². The van der Waals surface area contributed by atoms with Crippen molar-refractivity contribution in [3.05, 3.63) is 23.8 Å². The Morgan fingerprint density at radius 1 is 1.59 bits per heavy atom. The summed E-state index contributed by atoms with van der Waals surface area (Å²) in [5.74, 6) is 0.370. The molecule has 0 radical (unpaired) electrons. The van der Waals surface area contributed by atoms with Crippen molar-refractivity contribution >= 4 is 8.32 Å². The van der Waals surface area contributed by atoms with Gasteiger partial charge in [0.1, 0.15) is 6.07 Å². The highest BCUT2D eigenvalue weighted by Crippen LogP contribution is 2.39. The summed E-state index contributed by atoms with van der Waals surface area (Å²) in [5, 5.41) is 9.55. The molecule has 94 valence electrons. The third-order valence-electron chi connectivity index (χ3n) is 3.24. The van der Waals surface area contributed by atoms with Gasteiger partial charge in [0.05, 0.1) is 0 Å². The molecule has 0 aromatic heterocycles. The molecule has 17 heavy (non-hydrogen) atoms. The average Bonchev–Trinajstić information content (AvgIpc) is 2.19. The number of nitrogens with zero attached hydrogens (tertiary/aromatic N) is 1. The highest BCUT2D eigenvalue weighted by atomic mass is 28.4. The van der Waals surface area contributed by atoms with Gasteiger partial charge < -0.3 is 4.43 Å². The maximum atomic E-state index is 9.55. The van der Waals surface area contributed by atoms with Gasteiger partial charge in [-0.05, 0) is 57.8 Å². The highest BCUT2D eigenvalue weighted by Gasteiger charge is 2.42. The van der Waals surface area contributed by atoms with Gasteiger partial charge >= 0.3 is 0 Å². The van der Waals surface area contributed by atoms with Crippen LogP contribution in [0.5, 0.6) is 0 Å². The summed E-state index contributed by atoms with van der Waals surface area (Å²) in [6.45, 7) is 14.5. The summed E-state index contributed by atoms with van der Waals surface area (Å²) in [5.41, 5.74) is 1.50. The van der Waals surface area contributed by atoms with E-state index in [1.807, 2.05) is 13.8 Å². The van der Waals surface area contributed by atoms with E-state index < -0.39 is 13.9 Å². The van der Waals surface area contributed by atoms with Crippen LogP contribution >= 0.6 is 0 Å². The normalized spacial score (nSPS) is 29.4. The molecule has 0 aromatic rings. The van der Waals surface area contributed by atoms with Crippen LogP contribution in [0.3, 0.4) is 0 Å². The van der Waals surface area contributed by atoms with Gasteiger partial charge in [-0.15, -0.1) is 0 Å². The first-order chi connectivity index (χ1) is 7.70. The summed E-state index contributed by atoms with van der Waals surface area (Å²) >= 11 is 0. The quantitative estimate of drug-likeness (QED) is 0.559. The Hall–Kier alpha value is -0.853. The Balaban J connectivity index is 3.05. The second-order valence-corrected chi connectivity index (χ2v) is 10.5. The van der Waals surface area contributed by atoms with Crippen molar-refractivity contribution < 1.29 is 4.43 Å². The fourth-order valence-electron chi connectivity index (χ4n) is 2.25. The number of nitriles is 1.